The Hall–Kier alpha value is -3.34. The van der Waals surface area contributed by atoms with E-state index < -0.39 is 40.2 Å². The summed E-state index contributed by atoms with van der Waals surface area (Å²) < 4.78 is 47.9. The van der Waals surface area contributed by atoms with E-state index in [-0.39, 0.29) is 28.1 Å². The Morgan fingerprint density at radius 1 is 0.976 bits per heavy atom. The van der Waals surface area contributed by atoms with Crippen LogP contribution < -0.4 is 14.4 Å². The molecule has 3 rings (SSSR count). The first-order chi connectivity index (χ1) is 19.8. The van der Waals surface area contributed by atoms with Gasteiger partial charge in [-0.15, -0.1) is 0 Å². The summed E-state index contributed by atoms with van der Waals surface area (Å²) in [6, 6.07) is 14.3. The Balaban J connectivity index is 2.02. The quantitative estimate of drug-likeness (QED) is 0.251. The number of benzene rings is 3. The van der Waals surface area contributed by atoms with Crippen molar-refractivity contribution < 1.29 is 27.1 Å². The van der Waals surface area contributed by atoms with Crippen LogP contribution in [0.3, 0.4) is 0 Å². The average Bonchev–Trinajstić information content (AvgIpc) is 2.94. The molecule has 0 fully saturated rings. The number of carbonyl (C=O) groups excluding carboxylic acids is 2. The number of carbonyl (C=O) groups is 2. The number of nitrogens with zero attached hydrogens (tertiary/aromatic N) is 2. The van der Waals surface area contributed by atoms with Crippen LogP contribution in [0.1, 0.15) is 33.3 Å². The van der Waals surface area contributed by atoms with E-state index in [1.165, 1.54) is 47.4 Å². The fourth-order valence-electron chi connectivity index (χ4n) is 4.01. The van der Waals surface area contributed by atoms with E-state index in [0.29, 0.717) is 29.5 Å². The molecule has 42 heavy (non-hydrogen) atoms. The van der Waals surface area contributed by atoms with Crippen molar-refractivity contribution in [3.63, 3.8) is 0 Å². The molecule has 1 atom stereocenters. The molecule has 3 aromatic carbocycles. The van der Waals surface area contributed by atoms with Crippen LogP contribution in [0.25, 0.3) is 0 Å². The minimum absolute atomic E-state index is 0.0695. The van der Waals surface area contributed by atoms with Gasteiger partial charge >= 0.3 is 0 Å². The maximum absolute atomic E-state index is 14.0. The van der Waals surface area contributed by atoms with Crippen LogP contribution in [0, 0.1) is 11.7 Å². The average molecular weight is 639 g/mol. The molecular weight excluding hydrogens is 604 g/mol. The molecule has 0 saturated carbocycles. The van der Waals surface area contributed by atoms with E-state index in [1.807, 2.05) is 13.8 Å². The summed E-state index contributed by atoms with van der Waals surface area (Å²) in [5, 5.41) is 3.50. The first-order valence-corrected chi connectivity index (χ1v) is 15.5. The molecular formula is C30H34Cl2FN3O5S. The summed E-state index contributed by atoms with van der Waals surface area (Å²) in [6.07, 6.45) is 0. The monoisotopic (exact) mass is 637 g/mol. The lowest BCUT2D eigenvalue weighted by atomic mass is 10.1. The third kappa shape index (κ3) is 8.59. The molecule has 3 aromatic rings. The lowest BCUT2D eigenvalue weighted by molar-refractivity contribution is -0.139. The van der Waals surface area contributed by atoms with Crippen LogP contribution in [0.4, 0.5) is 10.1 Å². The van der Waals surface area contributed by atoms with Crippen LogP contribution in [-0.4, -0.2) is 50.9 Å². The minimum atomic E-state index is -4.32. The van der Waals surface area contributed by atoms with Crippen LogP contribution >= 0.6 is 23.2 Å². The van der Waals surface area contributed by atoms with E-state index in [1.54, 1.807) is 26.0 Å². The standard InChI is InChI=1S/C30H34Cl2FN3O5S/c1-5-41-26-12-14-27(15-13-26)42(39,40)36(25-10-8-24(33)9-11-25)19-29(37)35(21(4)30(38)34-17-20(2)3)18-22-6-7-23(31)16-28(22)32/h6-16,20-21H,5,17-19H2,1-4H3,(H,34,38). The van der Waals surface area contributed by atoms with Crippen molar-refractivity contribution in [2.24, 2.45) is 5.92 Å². The summed E-state index contributed by atoms with van der Waals surface area (Å²) in [5.74, 6) is -1.01. The Bertz CT molecular complexity index is 1490. The van der Waals surface area contributed by atoms with E-state index in [0.717, 1.165) is 16.4 Å². The topological polar surface area (TPSA) is 96.0 Å². The van der Waals surface area contributed by atoms with Crippen LogP contribution in [-0.2, 0) is 26.2 Å². The zero-order chi connectivity index (χ0) is 31.0. The minimum Gasteiger partial charge on any atom is -0.494 e. The smallest absolute Gasteiger partial charge is 0.264 e. The number of nitrogens with one attached hydrogen (secondary N) is 1. The molecule has 0 aromatic heterocycles. The Kier molecular flexibility index (Phi) is 11.6. The van der Waals surface area contributed by atoms with Crippen molar-refractivity contribution in [3.05, 3.63) is 88.2 Å². The number of halogens is 3. The maximum Gasteiger partial charge on any atom is 0.264 e. The van der Waals surface area contributed by atoms with Gasteiger partial charge in [0.25, 0.3) is 10.0 Å². The van der Waals surface area contributed by atoms with Gasteiger partial charge in [0.15, 0.2) is 0 Å². The molecule has 0 saturated heterocycles. The van der Waals surface area contributed by atoms with Gasteiger partial charge in [0.1, 0.15) is 24.2 Å². The van der Waals surface area contributed by atoms with Crippen molar-refractivity contribution >= 4 is 50.7 Å². The van der Waals surface area contributed by atoms with E-state index >= 15 is 0 Å². The first kappa shape index (κ1) is 33.2. The largest absolute Gasteiger partial charge is 0.494 e. The van der Waals surface area contributed by atoms with Crippen LogP contribution in [0.15, 0.2) is 71.6 Å². The zero-order valence-electron chi connectivity index (χ0n) is 23.8. The van der Waals surface area contributed by atoms with Gasteiger partial charge in [0.2, 0.25) is 11.8 Å². The second kappa shape index (κ2) is 14.7. The first-order valence-electron chi connectivity index (χ1n) is 13.4. The van der Waals surface area contributed by atoms with Gasteiger partial charge in [-0.05, 0) is 86.0 Å². The second-order valence-electron chi connectivity index (χ2n) is 9.96. The van der Waals surface area contributed by atoms with E-state index in [2.05, 4.69) is 5.32 Å². The zero-order valence-corrected chi connectivity index (χ0v) is 26.1. The number of hydrogen-bond acceptors (Lipinski definition) is 5. The summed E-state index contributed by atoms with van der Waals surface area (Å²) in [5.41, 5.74) is 0.584. The number of sulfonamides is 1. The summed E-state index contributed by atoms with van der Waals surface area (Å²) >= 11 is 12.4. The van der Waals surface area contributed by atoms with Gasteiger partial charge in [-0.2, -0.15) is 0 Å². The normalized spacial score (nSPS) is 12.1. The van der Waals surface area contributed by atoms with Crippen molar-refractivity contribution in [3.8, 4) is 5.75 Å². The number of anilines is 1. The van der Waals surface area contributed by atoms with Crippen LogP contribution in [0.2, 0.25) is 10.0 Å². The molecule has 0 aliphatic heterocycles. The molecule has 8 nitrogen and oxygen atoms in total. The molecule has 2 amide bonds. The van der Waals surface area contributed by atoms with E-state index in [9.17, 15) is 22.4 Å². The highest BCUT2D eigenvalue weighted by atomic mass is 35.5. The number of amides is 2. The van der Waals surface area contributed by atoms with Crippen LogP contribution in [0.5, 0.6) is 5.75 Å². The summed E-state index contributed by atoms with van der Waals surface area (Å²) in [7, 11) is -4.32. The highest BCUT2D eigenvalue weighted by Crippen LogP contribution is 2.27. The predicted molar refractivity (Wildman–Crippen MR) is 163 cm³/mol. The SMILES string of the molecule is CCOc1ccc(S(=O)(=O)N(CC(=O)N(Cc2ccc(Cl)cc2Cl)C(C)C(=O)NCC(C)C)c2ccc(F)cc2)cc1. The van der Waals surface area contributed by atoms with E-state index in [4.69, 9.17) is 27.9 Å². The van der Waals surface area contributed by atoms with Gasteiger partial charge < -0.3 is 15.0 Å². The van der Waals surface area contributed by atoms with Gasteiger partial charge in [-0.1, -0.05) is 43.1 Å². The van der Waals surface area contributed by atoms with Crippen molar-refractivity contribution in [2.75, 3.05) is 24.0 Å². The van der Waals surface area contributed by atoms with Crippen molar-refractivity contribution in [1.29, 1.82) is 0 Å². The molecule has 12 heteroatoms. The molecule has 0 bridgehead atoms. The van der Waals surface area contributed by atoms with Crippen molar-refractivity contribution in [2.45, 2.75) is 45.2 Å². The highest BCUT2D eigenvalue weighted by Gasteiger charge is 2.33. The number of ether oxygens (including phenoxy) is 1. The molecule has 0 aliphatic carbocycles. The molecule has 0 spiro atoms. The Labute approximate surface area is 256 Å². The third-order valence-electron chi connectivity index (χ3n) is 6.32. The molecule has 1 unspecified atom stereocenters. The van der Waals surface area contributed by atoms with Gasteiger partial charge in [-0.25, -0.2) is 12.8 Å². The molecule has 0 aliphatic rings. The Morgan fingerprint density at radius 2 is 1.62 bits per heavy atom. The molecule has 226 valence electrons. The third-order valence-corrected chi connectivity index (χ3v) is 8.70. The lowest BCUT2D eigenvalue weighted by Crippen LogP contribution is -2.51. The van der Waals surface area contributed by atoms with Gasteiger partial charge in [0.05, 0.1) is 17.2 Å². The highest BCUT2D eigenvalue weighted by molar-refractivity contribution is 7.92. The number of hydrogen-bond donors (Lipinski definition) is 1. The van der Waals surface area contributed by atoms with Gasteiger partial charge in [-0.3, -0.25) is 13.9 Å². The van der Waals surface area contributed by atoms with Crippen molar-refractivity contribution in [1.82, 2.24) is 10.2 Å². The summed E-state index contributed by atoms with van der Waals surface area (Å²) in [4.78, 5) is 28.2. The molecule has 0 radical (unpaired) electrons. The lowest BCUT2D eigenvalue weighted by Gasteiger charge is -2.32. The second-order valence-corrected chi connectivity index (χ2v) is 12.7. The Morgan fingerprint density at radius 3 is 2.19 bits per heavy atom. The fourth-order valence-corrected chi connectivity index (χ4v) is 5.89. The summed E-state index contributed by atoms with van der Waals surface area (Å²) in [6.45, 7) is 7.26. The molecule has 1 N–H and O–H groups in total. The maximum atomic E-state index is 14.0. The molecule has 0 heterocycles. The predicted octanol–water partition coefficient (Wildman–Crippen LogP) is 5.92. The fraction of sp³-hybridized carbons (Fsp3) is 0.333. The van der Waals surface area contributed by atoms with Gasteiger partial charge in [0, 0.05) is 23.1 Å². The number of rotatable bonds is 13.